The predicted octanol–water partition coefficient (Wildman–Crippen LogP) is 3.78. The van der Waals surface area contributed by atoms with Crippen LogP contribution in [0.5, 0.6) is 0 Å². The van der Waals surface area contributed by atoms with E-state index in [1.54, 1.807) is 0 Å². The molecule has 0 spiro atoms. The third-order valence-corrected chi connectivity index (χ3v) is 2.57. The molecule has 0 aliphatic rings. The molecule has 0 aliphatic heterocycles. The van der Waals surface area contributed by atoms with E-state index in [2.05, 4.69) is 36.5 Å². The third kappa shape index (κ3) is 6.85. The number of hydrogen-bond acceptors (Lipinski definition) is 3. The predicted molar refractivity (Wildman–Crippen MR) is 79.4 cm³/mol. The van der Waals surface area contributed by atoms with Crippen LogP contribution in [0, 0.1) is 0 Å². The van der Waals surface area contributed by atoms with Crippen LogP contribution in [-0.2, 0) is 16.0 Å². The van der Waals surface area contributed by atoms with Crippen molar-refractivity contribution in [2.75, 3.05) is 11.9 Å². The second-order valence-corrected chi connectivity index (χ2v) is 5.71. The smallest absolute Gasteiger partial charge is 0.308 e. The molecule has 0 radical (unpaired) electrons. The van der Waals surface area contributed by atoms with Gasteiger partial charge in [0.2, 0.25) is 0 Å². The molecule has 0 amide bonds. The van der Waals surface area contributed by atoms with E-state index in [1.807, 2.05) is 20.8 Å². The summed E-state index contributed by atoms with van der Waals surface area (Å²) >= 11 is 0. The molecular formula is C16H25NO2. The lowest BCUT2D eigenvalue weighted by Crippen LogP contribution is -2.25. The first kappa shape index (κ1) is 15.5. The first-order valence-electron chi connectivity index (χ1n) is 6.95. The van der Waals surface area contributed by atoms with Crippen LogP contribution in [0.3, 0.4) is 0 Å². The highest BCUT2D eigenvalue weighted by Crippen LogP contribution is 2.12. The zero-order valence-electron chi connectivity index (χ0n) is 12.5. The first-order chi connectivity index (χ1) is 8.90. The summed E-state index contributed by atoms with van der Waals surface area (Å²) in [5.74, 6) is -0.164. The highest BCUT2D eigenvalue weighted by atomic mass is 16.6. The zero-order valence-corrected chi connectivity index (χ0v) is 12.5. The minimum Gasteiger partial charge on any atom is -0.460 e. The van der Waals surface area contributed by atoms with Crippen LogP contribution in [0.2, 0.25) is 0 Å². The second kappa shape index (κ2) is 7.17. The lowest BCUT2D eigenvalue weighted by atomic mass is 10.1. The Kier molecular flexibility index (Phi) is 5.87. The molecule has 0 aliphatic carbocycles. The minimum absolute atomic E-state index is 0.164. The summed E-state index contributed by atoms with van der Waals surface area (Å²) in [5, 5.41) is 3.23. The van der Waals surface area contributed by atoms with Crippen LogP contribution >= 0.6 is 0 Å². The Morgan fingerprint density at radius 1 is 1.21 bits per heavy atom. The molecule has 106 valence electrons. The maximum absolute atomic E-state index is 11.5. The molecule has 1 aromatic carbocycles. The van der Waals surface area contributed by atoms with Gasteiger partial charge >= 0.3 is 5.97 Å². The monoisotopic (exact) mass is 263 g/mol. The fraction of sp³-hybridized carbons (Fsp3) is 0.562. The number of rotatable bonds is 6. The second-order valence-electron chi connectivity index (χ2n) is 5.71. The number of anilines is 1. The summed E-state index contributed by atoms with van der Waals surface area (Å²) in [6, 6.07) is 8.36. The summed E-state index contributed by atoms with van der Waals surface area (Å²) in [6.07, 6.45) is 2.65. The van der Waals surface area contributed by atoms with Gasteiger partial charge in [-0.05, 0) is 44.9 Å². The SMILES string of the molecule is CCCc1ccc(NCCC(=O)OC(C)(C)C)cc1. The van der Waals surface area contributed by atoms with Gasteiger partial charge in [0.25, 0.3) is 0 Å². The number of carbonyl (C=O) groups is 1. The fourth-order valence-corrected chi connectivity index (χ4v) is 1.78. The zero-order chi connectivity index (χ0) is 14.3. The fourth-order valence-electron chi connectivity index (χ4n) is 1.78. The van der Waals surface area contributed by atoms with Gasteiger partial charge in [0.1, 0.15) is 5.60 Å². The summed E-state index contributed by atoms with van der Waals surface area (Å²) in [5.41, 5.74) is 1.99. The summed E-state index contributed by atoms with van der Waals surface area (Å²) in [7, 11) is 0. The van der Waals surface area contributed by atoms with E-state index in [1.165, 1.54) is 5.56 Å². The van der Waals surface area contributed by atoms with Gasteiger partial charge < -0.3 is 10.1 Å². The van der Waals surface area contributed by atoms with Gasteiger partial charge in [0.15, 0.2) is 0 Å². The van der Waals surface area contributed by atoms with E-state index < -0.39 is 5.60 Å². The topological polar surface area (TPSA) is 38.3 Å². The Labute approximate surface area is 116 Å². The Morgan fingerprint density at radius 3 is 2.37 bits per heavy atom. The molecular weight excluding hydrogens is 238 g/mol. The van der Waals surface area contributed by atoms with Crippen molar-refractivity contribution in [2.24, 2.45) is 0 Å². The van der Waals surface area contributed by atoms with Crippen molar-refractivity contribution in [3.05, 3.63) is 29.8 Å². The highest BCUT2D eigenvalue weighted by Gasteiger charge is 2.15. The quantitative estimate of drug-likeness (QED) is 0.794. The Bertz CT molecular complexity index is 390. The van der Waals surface area contributed by atoms with Crippen LogP contribution in [0.1, 0.15) is 46.1 Å². The number of esters is 1. The van der Waals surface area contributed by atoms with Crippen molar-refractivity contribution in [1.82, 2.24) is 0 Å². The third-order valence-electron chi connectivity index (χ3n) is 2.57. The molecule has 1 N–H and O–H groups in total. The molecule has 19 heavy (non-hydrogen) atoms. The van der Waals surface area contributed by atoms with E-state index in [4.69, 9.17) is 4.74 Å². The number of hydrogen-bond donors (Lipinski definition) is 1. The van der Waals surface area contributed by atoms with Gasteiger partial charge in [-0.25, -0.2) is 0 Å². The number of aryl methyl sites for hydroxylation is 1. The normalized spacial score (nSPS) is 11.2. The van der Waals surface area contributed by atoms with Crippen LogP contribution < -0.4 is 5.32 Å². The van der Waals surface area contributed by atoms with E-state index in [9.17, 15) is 4.79 Å². The van der Waals surface area contributed by atoms with Gasteiger partial charge in [-0.2, -0.15) is 0 Å². The highest BCUT2D eigenvalue weighted by molar-refractivity contribution is 5.70. The molecule has 1 aromatic rings. The van der Waals surface area contributed by atoms with E-state index >= 15 is 0 Å². The van der Waals surface area contributed by atoms with Crippen LogP contribution in [0.15, 0.2) is 24.3 Å². The average Bonchev–Trinajstić information content (AvgIpc) is 2.29. The first-order valence-corrected chi connectivity index (χ1v) is 6.95. The molecule has 0 fully saturated rings. The van der Waals surface area contributed by atoms with Gasteiger partial charge in [-0.1, -0.05) is 25.5 Å². The number of nitrogens with one attached hydrogen (secondary N) is 1. The van der Waals surface area contributed by atoms with Crippen molar-refractivity contribution in [3.8, 4) is 0 Å². The molecule has 0 saturated carbocycles. The van der Waals surface area contributed by atoms with E-state index in [0.29, 0.717) is 13.0 Å². The Balaban J connectivity index is 2.31. The van der Waals surface area contributed by atoms with Crippen LogP contribution in [0.25, 0.3) is 0 Å². The molecule has 3 heteroatoms. The van der Waals surface area contributed by atoms with Crippen molar-refractivity contribution in [2.45, 2.75) is 52.6 Å². The van der Waals surface area contributed by atoms with Crippen LogP contribution in [-0.4, -0.2) is 18.1 Å². The van der Waals surface area contributed by atoms with Gasteiger partial charge in [0, 0.05) is 12.2 Å². The summed E-state index contributed by atoms with van der Waals surface area (Å²) < 4.78 is 5.25. The Hall–Kier alpha value is -1.51. The number of ether oxygens (including phenoxy) is 1. The molecule has 3 nitrogen and oxygen atoms in total. The molecule has 0 bridgehead atoms. The number of carbonyl (C=O) groups excluding carboxylic acids is 1. The molecule has 0 unspecified atom stereocenters. The van der Waals surface area contributed by atoms with Crippen LogP contribution in [0.4, 0.5) is 5.69 Å². The van der Waals surface area contributed by atoms with Gasteiger partial charge in [-0.15, -0.1) is 0 Å². The van der Waals surface area contributed by atoms with Crippen molar-refractivity contribution >= 4 is 11.7 Å². The molecule has 0 atom stereocenters. The molecule has 0 saturated heterocycles. The standard InChI is InChI=1S/C16H25NO2/c1-5-6-13-7-9-14(10-8-13)17-12-11-15(18)19-16(2,3)4/h7-10,17H,5-6,11-12H2,1-4H3. The number of benzene rings is 1. The van der Waals surface area contributed by atoms with Crippen molar-refractivity contribution in [1.29, 1.82) is 0 Å². The molecule has 0 heterocycles. The minimum atomic E-state index is -0.404. The lowest BCUT2D eigenvalue weighted by molar-refractivity contribution is -0.154. The van der Waals surface area contributed by atoms with Gasteiger partial charge in [0.05, 0.1) is 6.42 Å². The molecule has 0 aromatic heterocycles. The van der Waals surface area contributed by atoms with E-state index in [0.717, 1.165) is 18.5 Å². The van der Waals surface area contributed by atoms with Crippen molar-refractivity contribution < 1.29 is 9.53 Å². The van der Waals surface area contributed by atoms with E-state index in [-0.39, 0.29) is 5.97 Å². The molecule has 1 rings (SSSR count). The van der Waals surface area contributed by atoms with Crippen molar-refractivity contribution in [3.63, 3.8) is 0 Å². The lowest BCUT2D eigenvalue weighted by Gasteiger charge is -2.19. The average molecular weight is 263 g/mol. The Morgan fingerprint density at radius 2 is 1.84 bits per heavy atom. The largest absolute Gasteiger partial charge is 0.460 e. The maximum Gasteiger partial charge on any atom is 0.308 e. The summed E-state index contributed by atoms with van der Waals surface area (Å²) in [6.45, 7) is 8.41. The summed E-state index contributed by atoms with van der Waals surface area (Å²) in [4.78, 5) is 11.5. The maximum atomic E-state index is 11.5. The van der Waals surface area contributed by atoms with Gasteiger partial charge in [-0.3, -0.25) is 4.79 Å².